The molecule has 80 valence electrons. The number of hydrogen-bond acceptors (Lipinski definition) is 2. The van der Waals surface area contributed by atoms with Crippen molar-refractivity contribution in [2.24, 2.45) is 17.6 Å². The highest BCUT2D eigenvalue weighted by Crippen LogP contribution is 2.29. The molecule has 0 radical (unpaired) electrons. The van der Waals surface area contributed by atoms with Crippen molar-refractivity contribution in [3.05, 3.63) is 11.6 Å². The van der Waals surface area contributed by atoms with Gasteiger partial charge in [-0.2, -0.15) is 0 Å². The lowest BCUT2D eigenvalue weighted by Gasteiger charge is -2.25. The Balaban J connectivity index is 2.42. The lowest BCUT2D eigenvalue weighted by atomic mass is 9.80. The third kappa shape index (κ3) is 3.26. The van der Waals surface area contributed by atoms with Crippen LogP contribution in [-0.2, 0) is 4.79 Å². The number of ketones is 1. The van der Waals surface area contributed by atoms with Crippen LogP contribution in [0.25, 0.3) is 0 Å². The van der Waals surface area contributed by atoms with Crippen LogP contribution in [0.5, 0.6) is 0 Å². The first kappa shape index (κ1) is 11.4. The number of allylic oxidation sites excluding steroid dienone is 2. The highest BCUT2D eigenvalue weighted by atomic mass is 16.1. The van der Waals surface area contributed by atoms with E-state index in [1.807, 2.05) is 13.8 Å². The zero-order valence-electron chi connectivity index (χ0n) is 9.25. The van der Waals surface area contributed by atoms with E-state index in [1.165, 1.54) is 0 Å². The molecule has 0 heterocycles. The first-order chi connectivity index (χ1) is 6.63. The van der Waals surface area contributed by atoms with Crippen LogP contribution in [0.1, 0.15) is 39.5 Å². The summed E-state index contributed by atoms with van der Waals surface area (Å²) in [6.45, 7) is 4.73. The SMILES string of the molecule is CC(C)=CC(=O)C1CCC(CN)CC1. The number of nitrogens with two attached hydrogens (primary N) is 1. The van der Waals surface area contributed by atoms with Gasteiger partial charge in [0.25, 0.3) is 0 Å². The minimum absolute atomic E-state index is 0.271. The van der Waals surface area contributed by atoms with Gasteiger partial charge >= 0.3 is 0 Å². The Morgan fingerprint density at radius 3 is 2.29 bits per heavy atom. The summed E-state index contributed by atoms with van der Waals surface area (Å²) in [5.41, 5.74) is 6.72. The van der Waals surface area contributed by atoms with Crippen LogP contribution in [-0.4, -0.2) is 12.3 Å². The van der Waals surface area contributed by atoms with Crippen LogP contribution in [0.4, 0.5) is 0 Å². The quantitative estimate of drug-likeness (QED) is 0.702. The topological polar surface area (TPSA) is 43.1 Å². The van der Waals surface area contributed by atoms with E-state index < -0.39 is 0 Å². The maximum atomic E-state index is 11.7. The minimum atomic E-state index is 0.271. The maximum absolute atomic E-state index is 11.7. The molecule has 0 aliphatic heterocycles. The second kappa shape index (κ2) is 5.30. The van der Waals surface area contributed by atoms with Crippen molar-refractivity contribution in [3.63, 3.8) is 0 Å². The number of carbonyl (C=O) groups is 1. The van der Waals surface area contributed by atoms with Gasteiger partial charge in [-0.25, -0.2) is 0 Å². The number of carbonyl (C=O) groups excluding carboxylic acids is 1. The maximum Gasteiger partial charge on any atom is 0.158 e. The predicted octanol–water partition coefficient (Wildman–Crippen LogP) is 2.29. The summed E-state index contributed by atoms with van der Waals surface area (Å²) in [7, 11) is 0. The zero-order chi connectivity index (χ0) is 10.6. The van der Waals surface area contributed by atoms with Gasteiger partial charge in [0, 0.05) is 5.92 Å². The molecule has 2 N–H and O–H groups in total. The van der Waals surface area contributed by atoms with Gasteiger partial charge < -0.3 is 5.73 Å². The van der Waals surface area contributed by atoms with E-state index in [0.29, 0.717) is 11.7 Å². The third-order valence-corrected chi connectivity index (χ3v) is 3.01. The van der Waals surface area contributed by atoms with E-state index in [-0.39, 0.29) is 5.92 Å². The molecule has 1 aliphatic rings. The molecule has 1 aliphatic carbocycles. The molecule has 0 aromatic heterocycles. The summed E-state index contributed by atoms with van der Waals surface area (Å²) in [5, 5.41) is 0. The van der Waals surface area contributed by atoms with Gasteiger partial charge in [-0.15, -0.1) is 0 Å². The Morgan fingerprint density at radius 2 is 1.86 bits per heavy atom. The standard InChI is InChI=1S/C12H21NO/c1-9(2)7-12(14)11-5-3-10(8-13)4-6-11/h7,10-11H,3-6,8,13H2,1-2H3. The summed E-state index contributed by atoms with van der Waals surface area (Å²) >= 11 is 0. The molecule has 0 aromatic carbocycles. The molecule has 0 amide bonds. The van der Waals surface area contributed by atoms with E-state index in [9.17, 15) is 4.79 Å². The van der Waals surface area contributed by atoms with Crippen LogP contribution in [0.2, 0.25) is 0 Å². The lowest BCUT2D eigenvalue weighted by Crippen LogP contribution is -2.25. The van der Waals surface area contributed by atoms with Crippen molar-refractivity contribution in [2.75, 3.05) is 6.54 Å². The first-order valence-corrected chi connectivity index (χ1v) is 5.52. The van der Waals surface area contributed by atoms with Gasteiger partial charge in [0.2, 0.25) is 0 Å². The van der Waals surface area contributed by atoms with E-state index in [1.54, 1.807) is 6.08 Å². The summed E-state index contributed by atoms with van der Waals surface area (Å²) in [6, 6.07) is 0. The monoisotopic (exact) mass is 195 g/mol. The Bertz CT molecular complexity index is 220. The molecule has 0 unspecified atom stereocenters. The van der Waals surface area contributed by atoms with Crippen molar-refractivity contribution >= 4 is 5.78 Å². The molecular formula is C12H21NO. The summed E-state index contributed by atoms with van der Waals surface area (Å²) in [6.07, 6.45) is 6.11. The highest BCUT2D eigenvalue weighted by Gasteiger charge is 2.23. The van der Waals surface area contributed by atoms with Crippen LogP contribution in [0.15, 0.2) is 11.6 Å². The predicted molar refractivity (Wildman–Crippen MR) is 58.9 cm³/mol. The van der Waals surface area contributed by atoms with Crippen molar-refractivity contribution in [1.29, 1.82) is 0 Å². The summed E-state index contributed by atoms with van der Waals surface area (Å²) in [5.74, 6) is 1.25. The van der Waals surface area contributed by atoms with Crippen molar-refractivity contribution < 1.29 is 4.79 Å². The average molecular weight is 195 g/mol. The Morgan fingerprint density at radius 1 is 1.29 bits per heavy atom. The Labute approximate surface area is 86.6 Å². The highest BCUT2D eigenvalue weighted by molar-refractivity contribution is 5.92. The fourth-order valence-corrected chi connectivity index (χ4v) is 2.09. The Kier molecular flexibility index (Phi) is 4.33. The molecule has 0 aromatic rings. The van der Waals surface area contributed by atoms with Crippen molar-refractivity contribution in [1.82, 2.24) is 0 Å². The molecule has 14 heavy (non-hydrogen) atoms. The molecule has 1 rings (SSSR count). The lowest BCUT2D eigenvalue weighted by molar-refractivity contribution is -0.119. The molecule has 1 fully saturated rings. The largest absolute Gasteiger partial charge is 0.330 e. The van der Waals surface area contributed by atoms with Gasteiger partial charge in [0.15, 0.2) is 5.78 Å². The van der Waals surface area contributed by atoms with Crippen LogP contribution in [0, 0.1) is 11.8 Å². The van der Waals surface area contributed by atoms with Crippen LogP contribution in [0.3, 0.4) is 0 Å². The fourth-order valence-electron chi connectivity index (χ4n) is 2.09. The van der Waals surface area contributed by atoms with E-state index in [0.717, 1.165) is 37.8 Å². The molecule has 1 saturated carbocycles. The van der Waals surface area contributed by atoms with Gasteiger partial charge in [0.05, 0.1) is 0 Å². The first-order valence-electron chi connectivity index (χ1n) is 5.52. The van der Waals surface area contributed by atoms with Gasteiger partial charge in [-0.05, 0) is 58.1 Å². The van der Waals surface area contributed by atoms with Crippen molar-refractivity contribution in [3.8, 4) is 0 Å². The second-order valence-electron chi connectivity index (χ2n) is 4.58. The number of rotatable bonds is 3. The van der Waals surface area contributed by atoms with Crippen LogP contribution >= 0.6 is 0 Å². The van der Waals surface area contributed by atoms with Gasteiger partial charge in [-0.1, -0.05) is 5.57 Å². The van der Waals surface area contributed by atoms with E-state index >= 15 is 0 Å². The third-order valence-electron chi connectivity index (χ3n) is 3.01. The number of hydrogen-bond donors (Lipinski definition) is 1. The molecule has 2 heteroatoms. The minimum Gasteiger partial charge on any atom is -0.330 e. The van der Waals surface area contributed by atoms with Gasteiger partial charge in [0.1, 0.15) is 0 Å². The Hall–Kier alpha value is -0.630. The second-order valence-corrected chi connectivity index (χ2v) is 4.58. The van der Waals surface area contributed by atoms with E-state index in [2.05, 4.69) is 0 Å². The zero-order valence-corrected chi connectivity index (χ0v) is 9.25. The van der Waals surface area contributed by atoms with E-state index in [4.69, 9.17) is 5.73 Å². The molecule has 0 spiro atoms. The average Bonchev–Trinajstić information content (AvgIpc) is 2.17. The molecule has 0 saturated heterocycles. The van der Waals surface area contributed by atoms with Crippen LogP contribution < -0.4 is 5.73 Å². The smallest absolute Gasteiger partial charge is 0.158 e. The van der Waals surface area contributed by atoms with Crippen molar-refractivity contribution in [2.45, 2.75) is 39.5 Å². The fraction of sp³-hybridized carbons (Fsp3) is 0.750. The molecule has 2 nitrogen and oxygen atoms in total. The summed E-state index contributed by atoms with van der Waals surface area (Å²) in [4.78, 5) is 11.7. The summed E-state index contributed by atoms with van der Waals surface area (Å²) < 4.78 is 0. The van der Waals surface area contributed by atoms with Gasteiger partial charge in [-0.3, -0.25) is 4.79 Å². The molecule has 0 atom stereocenters. The molecule has 0 bridgehead atoms. The normalized spacial score (nSPS) is 27.1. The molecular weight excluding hydrogens is 174 g/mol.